The second-order valence-corrected chi connectivity index (χ2v) is 7.97. The van der Waals surface area contributed by atoms with Gasteiger partial charge in [0.05, 0.1) is 0 Å². The Morgan fingerprint density at radius 1 is 1.22 bits per heavy atom. The molecule has 0 aromatic carbocycles. The first kappa shape index (κ1) is 18.5. The fraction of sp³-hybridized carbons (Fsp3) is 0.944. The lowest BCUT2D eigenvalue weighted by atomic mass is 9.92. The second kappa shape index (κ2) is 8.34. The Morgan fingerprint density at radius 3 is 2.70 bits per heavy atom. The Balaban J connectivity index is 1.91. The monoisotopic (exact) mass is 326 g/mol. The van der Waals surface area contributed by atoms with Gasteiger partial charge in [-0.3, -0.25) is 0 Å². The summed E-state index contributed by atoms with van der Waals surface area (Å²) >= 11 is 0. The van der Waals surface area contributed by atoms with Crippen molar-refractivity contribution >= 4 is 6.09 Å². The third kappa shape index (κ3) is 5.35. The van der Waals surface area contributed by atoms with Crippen molar-refractivity contribution in [2.24, 2.45) is 5.92 Å². The lowest BCUT2D eigenvalue weighted by Gasteiger charge is -2.34. The molecular formula is C18H34N2O3. The first-order valence-electron chi connectivity index (χ1n) is 9.26. The van der Waals surface area contributed by atoms with Gasteiger partial charge < -0.3 is 20.1 Å². The lowest BCUT2D eigenvalue weighted by molar-refractivity contribution is 0.0167. The molecule has 3 atom stereocenters. The van der Waals surface area contributed by atoms with Crippen molar-refractivity contribution in [1.82, 2.24) is 10.2 Å². The Bertz CT molecular complexity index is 381. The molecule has 5 heteroatoms. The minimum atomic E-state index is -0.429. The number of carbonyl (C=O) groups is 1. The van der Waals surface area contributed by atoms with Crippen molar-refractivity contribution in [2.75, 3.05) is 19.7 Å². The molecule has 1 aliphatic heterocycles. The smallest absolute Gasteiger partial charge is 0.410 e. The van der Waals surface area contributed by atoms with Gasteiger partial charge in [-0.1, -0.05) is 6.42 Å². The Labute approximate surface area is 140 Å². The van der Waals surface area contributed by atoms with E-state index in [4.69, 9.17) is 9.84 Å². The maximum Gasteiger partial charge on any atom is 0.410 e. The summed E-state index contributed by atoms with van der Waals surface area (Å²) in [7, 11) is 0. The van der Waals surface area contributed by atoms with E-state index in [0.717, 1.165) is 38.8 Å². The number of likely N-dealkylation sites (tertiary alicyclic amines) is 1. The van der Waals surface area contributed by atoms with Gasteiger partial charge in [-0.15, -0.1) is 0 Å². The van der Waals surface area contributed by atoms with Crippen LogP contribution in [-0.4, -0.2) is 53.5 Å². The fourth-order valence-corrected chi connectivity index (χ4v) is 4.01. The number of ether oxygens (including phenoxy) is 1. The predicted molar refractivity (Wildman–Crippen MR) is 91.4 cm³/mol. The molecule has 1 aliphatic carbocycles. The van der Waals surface area contributed by atoms with Crippen molar-refractivity contribution in [2.45, 2.75) is 83.4 Å². The van der Waals surface area contributed by atoms with E-state index in [0.29, 0.717) is 18.0 Å². The average molecular weight is 326 g/mol. The SMILES string of the molecule is CC(C)(C)OC(=O)N1CCCC1C1CCCC1NCCCCO. The first-order valence-corrected chi connectivity index (χ1v) is 9.26. The maximum absolute atomic E-state index is 12.5. The van der Waals surface area contributed by atoms with Crippen LogP contribution in [0.3, 0.4) is 0 Å². The number of aliphatic hydroxyl groups is 1. The molecule has 3 unspecified atom stereocenters. The summed E-state index contributed by atoms with van der Waals surface area (Å²) in [6.07, 6.45) is 7.53. The molecule has 1 heterocycles. The standard InChI is InChI=1S/C18H34N2O3/c1-18(2,3)23-17(22)20-12-7-10-16(20)14-8-6-9-15(14)19-11-4-5-13-21/h14-16,19,21H,4-13H2,1-3H3. The fourth-order valence-electron chi connectivity index (χ4n) is 4.01. The molecule has 2 aliphatic rings. The summed E-state index contributed by atoms with van der Waals surface area (Å²) in [4.78, 5) is 14.5. The number of amides is 1. The molecule has 0 aromatic heterocycles. The molecule has 23 heavy (non-hydrogen) atoms. The summed E-state index contributed by atoms with van der Waals surface area (Å²) in [5.41, 5.74) is -0.429. The van der Waals surface area contributed by atoms with Crippen molar-refractivity contribution in [1.29, 1.82) is 0 Å². The number of hydrogen-bond donors (Lipinski definition) is 2. The largest absolute Gasteiger partial charge is 0.444 e. The Morgan fingerprint density at radius 2 is 2.00 bits per heavy atom. The number of unbranched alkanes of at least 4 members (excludes halogenated alkanes) is 1. The van der Waals surface area contributed by atoms with Crippen LogP contribution < -0.4 is 5.32 Å². The van der Waals surface area contributed by atoms with Gasteiger partial charge in [0, 0.05) is 25.2 Å². The highest BCUT2D eigenvalue weighted by Gasteiger charge is 2.41. The average Bonchev–Trinajstić information content (AvgIpc) is 3.09. The van der Waals surface area contributed by atoms with E-state index in [-0.39, 0.29) is 12.7 Å². The van der Waals surface area contributed by atoms with Crippen LogP contribution in [0.4, 0.5) is 4.79 Å². The number of nitrogens with one attached hydrogen (secondary N) is 1. The maximum atomic E-state index is 12.5. The lowest BCUT2D eigenvalue weighted by Crippen LogP contribution is -2.47. The van der Waals surface area contributed by atoms with E-state index < -0.39 is 5.60 Å². The number of rotatable bonds is 6. The molecule has 2 rings (SSSR count). The summed E-state index contributed by atoms with van der Waals surface area (Å²) < 4.78 is 5.60. The van der Waals surface area contributed by atoms with Gasteiger partial charge in [-0.2, -0.15) is 0 Å². The van der Waals surface area contributed by atoms with Crippen molar-refractivity contribution in [3.63, 3.8) is 0 Å². The van der Waals surface area contributed by atoms with Crippen LogP contribution in [0.2, 0.25) is 0 Å². The molecule has 0 bridgehead atoms. The van der Waals surface area contributed by atoms with E-state index in [1.807, 2.05) is 25.7 Å². The molecule has 2 fully saturated rings. The second-order valence-electron chi connectivity index (χ2n) is 7.97. The summed E-state index contributed by atoms with van der Waals surface area (Å²) in [6.45, 7) is 7.84. The number of carbonyl (C=O) groups excluding carboxylic acids is 1. The minimum absolute atomic E-state index is 0.147. The Kier molecular flexibility index (Phi) is 6.72. The van der Waals surface area contributed by atoms with E-state index in [2.05, 4.69) is 5.32 Å². The third-order valence-electron chi connectivity index (χ3n) is 4.98. The zero-order valence-corrected chi connectivity index (χ0v) is 15.0. The van der Waals surface area contributed by atoms with Crippen LogP contribution in [0.25, 0.3) is 0 Å². The Hall–Kier alpha value is -0.810. The number of nitrogens with zero attached hydrogens (tertiary/aromatic N) is 1. The van der Waals surface area contributed by atoms with Crippen molar-refractivity contribution in [3.05, 3.63) is 0 Å². The molecule has 5 nitrogen and oxygen atoms in total. The van der Waals surface area contributed by atoms with Gasteiger partial charge in [0.15, 0.2) is 0 Å². The summed E-state index contributed by atoms with van der Waals surface area (Å²) in [6, 6.07) is 0.824. The number of aliphatic hydroxyl groups excluding tert-OH is 1. The van der Waals surface area contributed by atoms with Crippen molar-refractivity contribution in [3.8, 4) is 0 Å². The minimum Gasteiger partial charge on any atom is -0.444 e. The van der Waals surface area contributed by atoms with Crippen LogP contribution >= 0.6 is 0 Å². The zero-order chi connectivity index (χ0) is 16.9. The molecular weight excluding hydrogens is 292 g/mol. The van der Waals surface area contributed by atoms with Crippen LogP contribution in [0.1, 0.15) is 65.7 Å². The summed E-state index contributed by atoms with van der Waals surface area (Å²) in [5.74, 6) is 0.541. The van der Waals surface area contributed by atoms with E-state index in [1.165, 1.54) is 19.3 Å². The topological polar surface area (TPSA) is 61.8 Å². The van der Waals surface area contributed by atoms with Crippen LogP contribution in [0.15, 0.2) is 0 Å². The molecule has 134 valence electrons. The predicted octanol–water partition coefficient (Wildman–Crippen LogP) is 2.92. The van der Waals surface area contributed by atoms with E-state index in [1.54, 1.807) is 0 Å². The molecule has 1 saturated carbocycles. The van der Waals surface area contributed by atoms with Gasteiger partial charge in [-0.05, 0) is 71.8 Å². The molecule has 1 saturated heterocycles. The quantitative estimate of drug-likeness (QED) is 0.737. The molecule has 2 N–H and O–H groups in total. The van der Waals surface area contributed by atoms with Crippen LogP contribution in [-0.2, 0) is 4.74 Å². The zero-order valence-electron chi connectivity index (χ0n) is 15.0. The normalized spacial score (nSPS) is 28.3. The third-order valence-corrected chi connectivity index (χ3v) is 4.98. The van der Waals surface area contributed by atoms with Crippen LogP contribution in [0.5, 0.6) is 0 Å². The highest BCUT2D eigenvalue weighted by atomic mass is 16.6. The van der Waals surface area contributed by atoms with Gasteiger partial charge in [0.1, 0.15) is 5.60 Å². The van der Waals surface area contributed by atoms with Gasteiger partial charge in [-0.25, -0.2) is 4.79 Å². The van der Waals surface area contributed by atoms with Gasteiger partial charge >= 0.3 is 6.09 Å². The van der Waals surface area contributed by atoms with E-state index in [9.17, 15) is 4.79 Å². The molecule has 0 spiro atoms. The summed E-state index contributed by atoms with van der Waals surface area (Å²) in [5, 5.41) is 12.5. The highest BCUT2D eigenvalue weighted by Crippen LogP contribution is 2.36. The van der Waals surface area contributed by atoms with E-state index >= 15 is 0 Å². The highest BCUT2D eigenvalue weighted by molar-refractivity contribution is 5.69. The molecule has 0 aromatic rings. The number of hydrogen-bond acceptors (Lipinski definition) is 4. The van der Waals surface area contributed by atoms with Gasteiger partial charge in [0.25, 0.3) is 0 Å². The van der Waals surface area contributed by atoms with Crippen molar-refractivity contribution < 1.29 is 14.6 Å². The van der Waals surface area contributed by atoms with Gasteiger partial charge in [0.2, 0.25) is 0 Å². The first-order chi connectivity index (χ1) is 10.9. The molecule has 1 amide bonds. The molecule has 0 radical (unpaired) electrons. The van der Waals surface area contributed by atoms with Crippen LogP contribution in [0, 0.1) is 5.92 Å².